The van der Waals surface area contributed by atoms with Gasteiger partial charge in [-0.1, -0.05) is 56.8 Å². The molecule has 2 atom stereocenters. The molecule has 0 aromatic rings. The Labute approximate surface area is 240 Å². The Balaban J connectivity index is 3.92. The number of carboxylic acid groups (broad SMARTS) is 2. The van der Waals surface area contributed by atoms with E-state index in [4.69, 9.17) is 9.47 Å². The summed E-state index contributed by atoms with van der Waals surface area (Å²) in [6.45, 7) is 0.803. The maximum Gasteiger partial charge on any atom is 0.331 e. The van der Waals surface area contributed by atoms with Crippen molar-refractivity contribution in [3.8, 4) is 0 Å². The van der Waals surface area contributed by atoms with E-state index in [1.807, 2.05) is 48.4 Å². The van der Waals surface area contributed by atoms with Crippen molar-refractivity contribution in [1.29, 1.82) is 0 Å². The summed E-state index contributed by atoms with van der Waals surface area (Å²) in [4.78, 5) is 45.9. The van der Waals surface area contributed by atoms with Crippen molar-refractivity contribution in [2.45, 2.75) is 89.3 Å². The summed E-state index contributed by atoms with van der Waals surface area (Å²) in [5.41, 5.74) is 0. The molecule has 10 heteroatoms. The van der Waals surface area contributed by atoms with Crippen LogP contribution in [0.5, 0.6) is 0 Å². The zero-order valence-electron chi connectivity index (χ0n) is 25.5. The molecule has 0 aromatic carbocycles. The molecule has 0 heterocycles. The minimum absolute atomic E-state index is 0.283. The molecule has 0 spiro atoms. The molecule has 0 saturated heterocycles. The van der Waals surface area contributed by atoms with E-state index in [-0.39, 0.29) is 18.8 Å². The molecule has 0 aliphatic heterocycles. The average molecular weight is 569 g/mol. The highest BCUT2D eigenvalue weighted by Crippen LogP contribution is 2.13. The summed E-state index contributed by atoms with van der Waals surface area (Å²) >= 11 is 0. The zero-order valence-corrected chi connectivity index (χ0v) is 25.5. The number of rotatable bonds is 23. The van der Waals surface area contributed by atoms with Gasteiger partial charge in [-0.3, -0.25) is 4.79 Å². The van der Waals surface area contributed by atoms with Gasteiger partial charge in [0.05, 0.1) is 42.3 Å². The van der Waals surface area contributed by atoms with Gasteiger partial charge in [0.15, 0.2) is 12.2 Å². The second-order valence-electron chi connectivity index (χ2n) is 12.4. The molecule has 0 aliphatic rings. The number of carbonyl (C=O) groups excluding carboxylic acids is 4. The Hall–Kier alpha value is -2.72. The third kappa shape index (κ3) is 25.6. The first-order valence-corrected chi connectivity index (χ1v) is 14.3. The summed E-state index contributed by atoms with van der Waals surface area (Å²) in [5.74, 6) is -3.37. The van der Waals surface area contributed by atoms with Crippen LogP contribution in [0.15, 0.2) is 24.3 Å². The van der Waals surface area contributed by atoms with Crippen LogP contribution in [-0.2, 0) is 28.7 Å². The van der Waals surface area contributed by atoms with Crippen LogP contribution in [0.25, 0.3) is 0 Å². The molecule has 0 saturated carbocycles. The zero-order chi connectivity index (χ0) is 30.6. The normalized spacial score (nSPS) is 13.8. The summed E-state index contributed by atoms with van der Waals surface area (Å²) < 4.78 is 11.6. The molecule has 0 amide bonds. The molecular formula is C30H52N2O8. The number of likely N-dealkylation sites (N-methyl/N-ethyl adjacent to an activating group) is 2. The van der Waals surface area contributed by atoms with Crippen molar-refractivity contribution in [1.82, 2.24) is 0 Å². The molecule has 0 aromatic heterocycles. The van der Waals surface area contributed by atoms with Gasteiger partial charge in [0.2, 0.25) is 0 Å². The first kappa shape index (κ1) is 37.3. The summed E-state index contributed by atoms with van der Waals surface area (Å²) in [6, 6.07) is 0. The number of carbonyl (C=O) groups is 4. The second-order valence-corrected chi connectivity index (χ2v) is 12.4. The molecule has 230 valence electrons. The lowest BCUT2D eigenvalue weighted by molar-refractivity contribution is -0.873. The fourth-order valence-electron chi connectivity index (χ4n) is 4.23. The number of nitrogens with zero attached hydrogens (tertiary/aromatic N) is 2. The van der Waals surface area contributed by atoms with Crippen LogP contribution in [0.4, 0.5) is 0 Å². The van der Waals surface area contributed by atoms with Crippen LogP contribution in [0.1, 0.15) is 77.0 Å². The molecule has 40 heavy (non-hydrogen) atoms. The van der Waals surface area contributed by atoms with Gasteiger partial charge in [-0.05, 0) is 19.3 Å². The van der Waals surface area contributed by atoms with Gasteiger partial charge in [0.25, 0.3) is 0 Å². The molecule has 0 N–H and O–H groups in total. The van der Waals surface area contributed by atoms with Gasteiger partial charge in [0.1, 0.15) is 13.1 Å². The fraction of sp³-hybridized carbons (Fsp3) is 0.733. The number of hydrogen-bond donors (Lipinski definition) is 0. The number of aliphatic carboxylic acids is 2. The molecule has 0 aliphatic carbocycles. The van der Waals surface area contributed by atoms with E-state index in [9.17, 15) is 29.4 Å². The molecule has 0 bridgehead atoms. The van der Waals surface area contributed by atoms with Crippen LogP contribution in [0.3, 0.4) is 0 Å². The van der Waals surface area contributed by atoms with Gasteiger partial charge in [-0.15, -0.1) is 0 Å². The predicted octanol–water partition coefficient (Wildman–Crippen LogP) is 1.52. The van der Waals surface area contributed by atoms with E-state index in [1.54, 1.807) is 12.2 Å². The van der Waals surface area contributed by atoms with Crippen molar-refractivity contribution < 1.29 is 47.8 Å². The number of ether oxygens (including phenoxy) is 2. The molecular weight excluding hydrogens is 516 g/mol. The summed E-state index contributed by atoms with van der Waals surface area (Å²) in [7, 11) is 11.4. The molecule has 2 unspecified atom stereocenters. The van der Waals surface area contributed by atoms with Crippen molar-refractivity contribution in [3.05, 3.63) is 24.3 Å². The highest BCUT2D eigenvalue weighted by atomic mass is 16.5. The second kappa shape index (κ2) is 20.2. The van der Waals surface area contributed by atoms with Gasteiger partial charge in [-0.25, -0.2) is 4.79 Å². The van der Waals surface area contributed by atoms with E-state index in [1.165, 1.54) is 6.08 Å². The number of hydrogen-bond acceptors (Lipinski definition) is 8. The highest BCUT2D eigenvalue weighted by molar-refractivity contribution is 5.82. The van der Waals surface area contributed by atoms with E-state index in [2.05, 4.69) is 0 Å². The van der Waals surface area contributed by atoms with Crippen LogP contribution in [0, 0.1) is 0 Å². The van der Waals surface area contributed by atoms with Crippen molar-refractivity contribution in [3.63, 3.8) is 0 Å². The Morgan fingerprint density at radius 2 is 1.10 bits per heavy atom. The third-order valence-corrected chi connectivity index (χ3v) is 5.85. The fourth-order valence-corrected chi connectivity index (χ4v) is 4.23. The lowest BCUT2D eigenvalue weighted by Crippen LogP contribution is -2.45. The summed E-state index contributed by atoms with van der Waals surface area (Å²) in [5, 5.41) is 21.8. The van der Waals surface area contributed by atoms with Crippen LogP contribution in [-0.4, -0.2) is 100 Å². The van der Waals surface area contributed by atoms with Gasteiger partial charge < -0.3 is 38.2 Å². The SMILES string of the molecule is C[N+](C)(C)CC(CC(=O)[O-])OC(=O)C=CC=CCCCCCCCCCCC(=O)OC(CC(=O)[O-])C[N+](C)(C)C. The lowest BCUT2D eigenvalue weighted by Gasteiger charge is -2.29. The molecule has 0 fully saturated rings. The third-order valence-electron chi connectivity index (χ3n) is 5.85. The number of unbranched alkanes of at least 4 members (excludes halogenated alkanes) is 8. The smallest absolute Gasteiger partial charge is 0.331 e. The quantitative estimate of drug-likeness (QED) is 0.0596. The van der Waals surface area contributed by atoms with Crippen LogP contribution in [0.2, 0.25) is 0 Å². The first-order valence-electron chi connectivity index (χ1n) is 14.3. The molecule has 0 rings (SSSR count). The van der Waals surface area contributed by atoms with E-state index < -0.39 is 30.1 Å². The Morgan fingerprint density at radius 3 is 1.57 bits per heavy atom. The van der Waals surface area contributed by atoms with Gasteiger partial charge in [-0.2, -0.15) is 0 Å². The molecule has 0 radical (unpaired) electrons. The monoisotopic (exact) mass is 568 g/mol. The minimum Gasteiger partial charge on any atom is -0.550 e. The maximum atomic E-state index is 12.1. The number of quaternary nitrogens is 2. The number of allylic oxidation sites excluding steroid dienone is 3. The van der Waals surface area contributed by atoms with E-state index >= 15 is 0 Å². The highest BCUT2D eigenvalue weighted by Gasteiger charge is 2.23. The average Bonchev–Trinajstić information content (AvgIpc) is 2.75. The lowest BCUT2D eigenvalue weighted by atomic mass is 10.1. The minimum atomic E-state index is -1.24. The Morgan fingerprint density at radius 1 is 0.650 bits per heavy atom. The van der Waals surface area contributed by atoms with Gasteiger partial charge in [0, 0.05) is 37.3 Å². The maximum absolute atomic E-state index is 12.1. The van der Waals surface area contributed by atoms with Crippen molar-refractivity contribution >= 4 is 23.9 Å². The molecule has 10 nitrogen and oxygen atoms in total. The van der Waals surface area contributed by atoms with Crippen molar-refractivity contribution in [2.75, 3.05) is 55.4 Å². The van der Waals surface area contributed by atoms with E-state index in [0.29, 0.717) is 28.5 Å². The van der Waals surface area contributed by atoms with Crippen LogP contribution < -0.4 is 10.2 Å². The standard InChI is InChI=1S/C30H52N2O8/c1-31(2,3)23-25(21-27(33)34)39-29(37)19-17-15-13-11-9-7-8-10-12-14-16-18-20-30(38)40-26(22-28(35)36)24-32(4,5)6/h13,15,17,19,25-26H,7-12,14,16,18,20-24H2,1-6H3. The number of esters is 2. The first-order chi connectivity index (χ1) is 18.6. The topological polar surface area (TPSA) is 133 Å². The predicted molar refractivity (Wildman–Crippen MR) is 149 cm³/mol. The Kier molecular flexibility index (Phi) is 18.8. The van der Waals surface area contributed by atoms with Gasteiger partial charge >= 0.3 is 11.9 Å². The Bertz CT molecular complexity index is 825. The van der Waals surface area contributed by atoms with E-state index in [0.717, 1.165) is 57.8 Å². The largest absolute Gasteiger partial charge is 0.550 e. The van der Waals surface area contributed by atoms with Crippen LogP contribution >= 0.6 is 0 Å². The summed E-state index contributed by atoms with van der Waals surface area (Å²) in [6.07, 6.45) is 14.2. The number of carboxylic acids is 2. The van der Waals surface area contributed by atoms with Crippen molar-refractivity contribution in [2.24, 2.45) is 0 Å².